The number of nitrogens with one attached hydrogen (secondary N) is 1. The first-order valence-electron chi connectivity index (χ1n) is 6.28. The Balaban J connectivity index is 2.31. The Hall–Kier alpha value is -1.07. The number of hydrogen-bond acceptors (Lipinski definition) is 4. The van der Waals surface area contributed by atoms with Crippen molar-refractivity contribution in [3.8, 4) is 0 Å². The van der Waals surface area contributed by atoms with E-state index in [-0.39, 0.29) is 5.97 Å². The molecule has 1 heterocycles. The van der Waals surface area contributed by atoms with Crippen LogP contribution in [0.4, 0.5) is 0 Å². The summed E-state index contributed by atoms with van der Waals surface area (Å²) in [7, 11) is 1.37. The molecule has 2 rings (SSSR count). The number of benzene rings is 1. The Kier molecular flexibility index (Phi) is 5.27. The lowest BCUT2D eigenvalue weighted by molar-refractivity contribution is -0.148. The Morgan fingerprint density at radius 2 is 2.10 bits per heavy atom. The molecule has 1 unspecified atom stereocenters. The zero-order valence-electron chi connectivity index (χ0n) is 11.7. The highest BCUT2D eigenvalue weighted by molar-refractivity contribution is 7.09. The van der Waals surface area contributed by atoms with Gasteiger partial charge in [0.25, 0.3) is 0 Å². The molecule has 0 aliphatic heterocycles. The van der Waals surface area contributed by atoms with Gasteiger partial charge in [0.05, 0.1) is 17.2 Å². The minimum atomic E-state index is -0.993. The second-order valence-corrected chi connectivity index (χ2v) is 6.53. The molecule has 0 bridgehead atoms. The van der Waals surface area contributed by atoms with Crippen molar-refractivity contribution in [2.75, 3.05) is 7.11 Å². The van der Waals surface area contributed by atoms with E-state index in [1.165, 1.54) is 7.11 Å². The van der Waals surface area contributed by atoms with Crippen LogP contribution in [0.3, 0.4) is 0 Å². The van der Waals surface area contributed by atoms with E-state index in [2.05, 4.69) is 5.32 Å². The van der Waals surface area contributed by atoms with Gasteiger partial charge >= 0.3 is 5.97 Å². The van der Waals surface area contributed by atoms with Crippen LogP contribution in [0.25, 0.3) is 0 Å². The van der Waals surface area contributed by atoms with Crippen LogP contribution in [0, 0.1) is 0 Å². The van der Waals surface area contributed by atoms with Crippen LogP contribution in [0.5, 0.6) is 0 Å². The van der Waals surface area contributed by atoms with Gasteiger partial charge in [0.15, 0.2) is 0 Å². The van der Waals surface area contributed by atoms with Gasteiger partial charge in [-0.3, -0.25) is 5.32 Å². The summed E-state index contributed by atoms with van der Waals surface area (Å²) in [6, 6.07) is 9.10. The number of hydrogen-bond donors (Lipinski definition) is 1. The number of ether oxygens (including phenoxy) is 1. The van der Waals surface area contributed by atoms with Crippen LogP contribution in [-0.4, -0.2) is 13.1 Å². The maximum absolute atomic E-state index is 12.2. The number of carbonyl (C=O) groups excluding carboxylic acids is 1. The summed E-state index contributed by atoms with van der Waals surface area (Å²) in [6.07, 6.45) is 0. The van der Waals surface area contributed by atoms with E-state index < -0.39 is 5.54 Å². The van der Waals surface area contributed by atoms with Gasteiger partial charge < -0.3 is 4.74 Å². The van der Waals surface area contributed by atoms with Crippen molar-refractivity contribution in [2.45, 2.75) is 19.0 Å². The maximum atomic E-state index is 12.2. The molecule has 0 radical (unpaired) electrons. The fourth-order valence-corrected chi connectivity index (χ4v) is 2.92. The molecular formula is C15H15Cl2NO2S. The molecule has 2 aromatic rings. The van der Waals surface area contributed by atoms with Gasteiger partial charge in [-0.2, -0.15) is 0 Å². The lowest BCUT2D eigenvalue weighted by Gasteiger charge is -2.28. The highest BCUT2D eigenvalue weighted by atomic mass is 35.5. The molecule has 3 nitrogen and oxygen atoms in total. The van der Waals surface area contributed by atoms with E-state index in [1.807, 2.05) is 17.5 Å². The first kappa shape index (κ1) is 16.3. The molecule has 0 amide bonds. The van der Waals surface area contributed by atoms with Crippen molar-refractivity contribution in [3.05, 3.63) is 56.2 Å². The standard InChI is InChI=1S/C15H15Cl2NO2S/c1-15(14(19)20-2,18-9-11-4-3-7-21-11)10-5-6-12(16)13(17)8-10/h3-8,18H,9H2,1-2H3. The minimum absolute atomic E-state index is 0.377. The molecule has 1 aromatic heterocycles. The summed E-state index contributed by atoms with van der Waals surface area (Å²) in [6.45, 7) is 2.33. The van der Waals surface area contributed by atoms with Crippen molar-refractivity contribution in [2.24, 2.45) is 0 Å². The van der Waals surface area contributed by atoms with Gasteiger partial charge in [0, 0.05) is 11.4 Å². The van der Waals surface area contributed by atoms with Gasteiger partial charge in [-0.05, 0) is 36.1 Å². The maximum Gasteiger partial charge on any atom is 0.330 e. The molecule has 0 aliphatic carbocycles. The molecule has 0 saturated carbocycles. The number of esters is 1. The number of halogens is 2. The van der Waals surface area contributed by atoms with Crippen LogP contribution >= 0.6 is 34.5 Å². The van der Waals surface area contributed by atoms with E-state index >= 15 is 0 Å². The molecular weight excluding hydrogens is 329 g/mol. The first-order chi connectivity index (χ1) is 9.97. The largest absolute Gasteiger partial charge is 0.467 e. The lowest BCUT2D eigenvalue weighted by Crippen LogP contribution is -2.46. The van der Waals surface area contributed by atoms with E-state index in [0.29, 0.717) is 22.2 Å². The number of methoxy groups -OCH3 is 1. The average Bonchev–Trinajstić information content (AvgIpc) is 3.00. The topological polar surface area (TPSA) is 38.3 Å². The normalized spacial score (nSPS) is 13.7. The second kappa shape index (κ2) is 6.79. The Labute approximate surface area is 137 Å². The summed E-state index contributed by atoms with van der Waals surface area (Å²) in [5.74, 6) is -0.377. The van der Waals surface area contributed by atoms with Gasteiger partial charge in [-0.15, -0.1) is 11.3 Å². The summed E-state index contributed by atoms with van der Waals surface area (Å²) >= 11 is 13.6. The SMILES string of the molecule is COC(=O)C(C)(NCc1cccs1)c1ccc(Cl)c(Cl)c1. The summed E-state index contributed by atoms with van der Waals surface area (Å²) in [5.41, 5.74) is -0.284. The predicted molar refractivity (Wildman–Crippen MR) is 87.0 cm³/mol. The van der Waals surface area contributed by atoms with E-state index in [4.69, 9.17) is 27.9 Å². The van der Waals surface area contributed by atoms with Crippen molar-refractivity contribution >= 4 is 40.5 Å². The number of carbonyl (C=O) groups is 1. The van der Waals surface area contributed by atoms with Crippen molar-refractivity contribution in [1.82, 2.24) is 5.32 Å². The zero-order chi connectivity index (χ0) is 15.5. The van der Waals surface area contributed by atoms with Crippen molar-refractivity contribution in [1.29, 1.82) is 0 Å². The first-order valence-corrected chi connectivity index (χ1v) is 7.92. The van der Waals surface area contributed by atoms with Crippen LogP contribution in [-0.2, 0) is 21.6 Å². The summed E-state index contributed by atoms with van der Waals surface area (Å²) in [5, 5.41) is 6.09. The van der Waals surface area contributed by atoms with Gasteiger partial charge in [0.1, 0.15) is 5.54 Å². The number of thiophene rings is 1. The molecule has 112 valence electrons. The smallest absolute Gasteiger partial charge is 0.330 e. The molecule has 0 fully saturated rings. The highest BCUT2D eigenvalue weighted by Gasteiger charge is 2.36. The van der Waals surface area contributed by atoms with Gasteiger partial charge in [-0.1, -0.05) is 35.3 Å². The fraction of sp³-hybridized carbons (Fsp3) is 0.267. The van der Waals surface area contributed by atoms with E-state index in [0.717, 1.165) is 4.88 Å². The third-order valence-electron chi connectivity index (χ3n) is 3.29. The fourth-order valence-electron chi connectivity index (χ4n) is 1.98. The Bertz CT molecular complexity index is 631. The van der Waals surface area contributed by atoms with E-state index in [9.17, 15) is 4.79 Å². The highest BCUT2D eigenvalue weighted by Crippen LogP contribution is 2.30. The van der Waals surface area contributed by atoms with Crippen LogP contribution < -0.4 is 5.32 Å². The van der Waals surface area contributed by atoms with Gasteiger partial charge in [-0.25, -0.2) is 4.79 Å². The number of rotatable bonds is 5. The van der Waals surface area contributed by atoms with Crippen LogP contribution in [0.2, 0.25) is 10.0 Å². The van der Waals surface area contributed by atoms with Crippen LogP contribution in [0.15, 0.2) is 35.7 Å². The van der Waals surface area contributed by atoms with Crippen molar-refractivity contribution < 1.29 is 9.53 Å². The molecule has 0 spiro atoms. The predicted octanol–water partition coefficient (Wildman–Crippen LogP) is 4.23. The average molecular weight is 344 g/mol. The molecule has 1 N–H and O–H groups in total. The molecule has 0 aliphatic rings. The monoisotopic (exact) mass is 343 g/mol. The molecule has 6 heteroatoms. The summed E-state index contributed by atoms with van der Waals surface area (Å²) < 4.78 is 4.94. The lowest BCUT2D eigenvalue weighted by atomic mass is 9.92. The third-order valence-corrected chi connectivity index (χ3v) is 4.90. The second-order valence-electron chi connectivity index (χ2n) is 4.68. The molecule has 1 atom stereocenters. The summed E-state index contributed by atoms with van der Waals surface area (Å²) in [4.78, 5) is 13.4. The van der Waals surface area contributed by atoms with Gasteiger partial charge in [0.2, 0.25) is 0 Å². The zero-order valence-corrected chi connectivity index (χ0v) is 14.0. The third kappa shape index (κ3) is 3.58. The van der Waals surface area contributed by atoms with E-state index in [1.54, 1.807) is 36.5 Å². The van der Waals surface area contributed by atoms with Crippen molar-refractivity contribution in [3.63, 3.8) is 0 Å². The quantitative estimate of drug-likeness (QED) is 0.825. The Morgan fingerprint density at radius 1 is 1.33 bits per heavy atom. The molecule has 21 heavy (non-hydrogen) atoms. The molecule has 1 aromatic carbocycles. The van der Waals surface area contributed by atoms with Crippen LogP contribution in [0.1, 0.15) is 17.4 Å². The molecule has 0 saturated heterocycles. The Morgan fingerprint density at radius 3 is 2.67 bits per heavy atom. The minimum Gasteiger partial charge on any atom is -0.467 e.